The van der Waals surface area contributed by atoms with Crippen LogP contribution in [0.15, 0.2) is 48.5 Å². The van der Waals surface area contributed by atoms with Gasteiger partial charge in [-0.3, -0.25) is 14.4 Å². The number of esters is 1. The van der Waals surface area contributed by atoms with Gasteiger partial charge < -0.3 is 14.2 Å². The minimum absolute atomic E-state index is 0.180. The predicted molar refractivity (Wildman–Crippen MR) is 114 cm³/mol. The van der Waals surface area contributed by atoms with Crippen molar-refractivity contribution in [1.82, 2.24) is 0 Å². The van der Waals surface area contributed by atoms with E-state index in [2.05, 4.69) is 0 Å². The minimum atomic E-state index is -0.535. The normalized spacial score (nSPS) is 12.1. The van der Waals surface area contributed by atoms with E-state index in [1.165, 1.54) is 21.1 Å². The SMILES string of the molecule is COc1cc(OC)c(-c2c(C)ccc3c2C(=O)c2ccccc2C3=O)c(OC(C)=O)c1. The molecule has 0 spiro atoms. The molecule has 0 amide bonds. The number of fused-ring (bicyclic) bond motifs is 2. The highest BCUT2D eigenvalue weighted by Gasteiger charge is 2.34. The first-order chi connectivity index (χ1) is 14.9. The van der Waals surface area contributed by atoms with Crippen LogP contribution in [0.5, 0.6) is 17.2 Å². The van der Waals surface area contributed by atoms with Gasteiger partial charge in [0, 0.05) is 46.9 Å². The van der Waals surface area contributed by atoms with E-state index < -0.39 is 5.97 Å². The second-order valence-electron chi connectivity index (χ2n) is 7.18. The molecule has 0 N–H and O–H groups in total. The van der Waals surface area contributed by atoms with E-state index in [0.717, 1.165) is 5.56 Å². The maximum atomic E-state index is 13.5. The van der Waals surface area contributed by atoms with E-state index in [1.807, 2.05) is 6.92 Å². The number of carbonyl (C=O) groups excluding carboxylic acids is 3. The molecule has 0 aromatic heterocycles. The highest BCUT2D eigenvalue weighted by molar-refractivity contribution is 6.30. The molecule has 1 aliphatic carbocycles. The summed E-state index contributed by atoms with van der Waals surface area (Å²) in [5.41, 5.74) is 2.91. The third kappa shape index (κ3) is 3.26. The summed E-state index contributed by atoms with van der Waals surface area (Å²) in [4.78, 5) is 38.5. The number of ether oxygens (including phenoxy) is 3. The summed E-state index contributed by atoms with van der Waals surface area (Å²) in [6.07, 6.45) is 0. The zero-order valence-corrected chi connectivity index (χ0v) is 17.6. The lowest BCUT2D eigenvalue weighted by Crippen LogP contribution is -2.22. The molecule has 6 nitrogen and oxygen atoms in total. The third-order valence-electron chi connectivity index (χ3n) is 5.30. The number of methoxy groups -OCH3 is 2. The lowest BCUT2D eigenvalue weighted by molar-refractivity contribution is -0.131. The number of benzene rings is 3. The van der Waals surface area contributed by atoms with Gasteiger partial charge in [-0.15, -0.1) is 0 Å². The van der Waals surface area contributed by atoms with Crippen LogP contribution in [0, 0.1) is 6.92 Å². The summed E-state index contributed by atoms with van der Waals surface area (Å²) >= 11 is 0. The molecule has 0 fully saturated rings. The Balaban J connectivity index is 2.09. The zero-order valence-electron chi connectivity index (χ0n) is 17.6. The van der Waals surface area contributed by atoms with Gasteiger partial charge in [0.2, 0.25) is 0 Å². The summed E-state index contributed by atoms with van der Waals surface area (Å²) in [7, 11) is 2.96. The van der Waals surface area contributed by atoms with Crippen molar-refractivity contribution in [2.75, 3.05) is 14.2 Å². The molecule has 0 heterocycles. The van der Waals surface area contributed by atoms with Crippen LogP contribution in [-0.2, 0) is 4.79 Å². The molecule has 6 heteroatoms. The summed E-state index contributed by atoms with van der Waals surface area (Å²) in [6.45, 7) is 3.11. The van der Waals surface area contributed by atoms with Crippen LogP contribution in [0.4, 0.5) is 0 Å². The van der Waals surface area contributed by atoms with E-state index >= 15 is 0 Å². The number of rotatable bonds is 4. The largest absolute Gasteiger partial charge is 0.496 e. The van der Waals surface area contributed by atoms with E-state index in [0.29, 0.717) is 39.3 Å². The average molecular weight is 416 g/mol. The van der Waals surface area contributed by atoms with E-state index in [-0.39, 0.29) is 22.9 Å². The van der Waals surface area contributed by atoms with Gasteiger partial charge in [0.15, 0.2) is 11.6 Å². The molecule has 0 bridgehead atoms. The minimum Gasteiger partial charge on any atom is -0.496 e. The van der Waals surface area contributed by atoms with Crippen molar-refractivity contribution in [2.24, 2.45) is 0 Å². The lowest BCUT2D eigenvalue weighted by Gasteiger charge is -2.24. The second kappa shape index (κ2) is 7.72. The van der Waals surface area contributed by atoms with Crippen LogP contribution in [0.25, 0.3) is 11.1 Å². The van der Waals surface area contributed by atoms with Crippen LogP contribution in [-0.4, -0.2) is 31.8 Å². The highest BCUT2D eigenvalue weighted by Crippen LogP contribution is 2.47. The van der Waals surface area contributed by atoms with Crippen molar-refractivity contribution in [1.29, 1.82) is 0 Å². The Morgan fingerprint density at radius 2 is 1.39 bits per heavy atom. The number of aryl methyl sites for hydroxylation is 1. The van der Waals surface area contributed by atoms with Crippen LogP contribution < -0.4 is 14.2 Å². The zero-order chi connectivity index (χ0) is 22.3. The summed E-state index contributed by atoms with van der Waals surface area (Å²) in [6, 6.07) is 13.4. The van der Waals surface area contributed by atoms with Crippen LogP contribution in [0.1, 0.15) is 44.3 Å². The van der Waals surface area contributed by atoms with E-state index in [4.69, 9.17) is 14.2 Å². The average Bonchev–Trinajstić information content (AvgIpc) is 2.76. The molecule has 4 rings (SSSR count). The topological polar surface area (TPSA) is 78.9 Å². The standard InChI is InChI=1S/C25H20O6/c1-13-9-10-18-22(25(28)17-8-6-5-7-16(17)24(18)27)21(13)23-19(30-4)11-15(29-3)12-20(23)31-14(2)26/h5-12H,1-4H3. The first-order valence-corrected chi connectivity index (χ1v) is 9.64. The molecule has 0 saturated heterocycles. The van der Waals surface area contributed by atoms with Gasteiger partial charge in [0.05, 0.1) is 19.8 Å². The van der Waals surface area contributed by atoms with Crippen molar-refractivity contribution < 1.29 is 28.6 Å². The molecule has 156 valence electrons. The Kier molecular flexibility index (Phi) is 5.07. The predicted octanol–water partition coefficient (Wildman–Crippen LogP) is 4.38. The molecular formula is C25H20O6. The Labute approximate surface area is 179 Å². The van der Waals surface area contributed by atoms with E-state index in [1.54, 1.807) is 48.5 Å². The van der Waals surface area contributed by atoms with Crippen LogP contribution in [0.2, 0.25) is 0 Å². The summed E-state index contributed by atoms with van der Waals surface area (Å²) in [5, 5.41) is 0. The molecule has 0 saturated carbocycles. The molecule has 3 aromatic rings. The van der Waals surface area contributed by atoms with Crippen molar-refractivity contribution in [3.05, 3.63) is 76.3 Å². The van der Waals surface area contributed by atoms with Crippen molar-refractivity contribution in [3.8, 4) is 28.4 Å². The fourth-order valence-corrected chi connectivity index (χ4v) is 3.94. The van der Waals surface area contributed by atoms with E-state index in [9.17, 15) is 14.4 Å². The number of hydrogen-bond donors (Lipinski definition) is 0. The Morgan fingerprint density at radius 1 is 0.742 bits per heavy atom. The fraction of sp³-hybridized carbons (Fsp3) is 0.160. The van der Waals surface area contributed by atoms with Crippen LogP contribution in [0.3, 0.4) is 0 Å². The van der Waals surface area contributed by atoms with Gasteiger partial charge in [-0.2, -0.15) is 0 Å². The molecule has 0 aliphatic heterocycles. The molecule has 3 aromatic carbocycles. The van der Waals surface area contributed by atoms with Gasteiger partial charge >= 0.3 is 5.97 Å². The molecule has 0 atom stereocenters. The Morgan fingerprint density at radius 3 is 2.00 bits per heavy atom. The van der Waals surface area contributed by atoms with Gasteiger partial charge in [0.1, 0.15) is 17.2 Å². The van der Waals surface area contributed by atoms with Crippen molar-refractivity contribution in [3.63, 3.8) is 0 Å². The third-order valence-corrected chi connectivity index (χ3v) is 5.30. The number of hydrogen-bond acceptors (Lipinski definition) is 6. The first kappa shape index (κ1) is 20.3. The smallest absolute Gasteiger partial charge is 0.308 e. The van der Waals surface area contributed by atoms with Gasteiger partial charge in [-0.25, -0.2) is 0 Å². The monoisotopic (exact) mass is 416 g/mol. The molecule has 0 radical (unpaired) electrons. The molecule has 31 heavy (non-hydrogen) atoms. The number of ketones is 2. The molecular weight excluding hydrogens is 396 g/mol. The quantitative estimate of drug-likeness (QED) is 0.363. The maximum Gasteiger partial charge on any atom is 0.308 e. The summed E-state index contributed by atoms with van der Waals surface area (Å²) in [5.74, 6) is -0.0761. The van der Waals surface area contributed by atoms with Gasteiger partial charge in [0.25, 0.3) is 0 Å². The molecule has 1 aliphatic rings. The molecule has 0 unspecified atom stereocenters. The van der Waals surface area contributed by atoms with Crippen molar-refractivity contribution >= 4 is 17.5 Å². The Hall–Kier alpha value is -3.93. The lowest BCUT2D eigenvalue weighted by atomic mass is 9.78. The van der Waals surface area contributed by atoms with Crippen LogP contribution >= 0.6 is 0 Å². The highest BCUT2D eigenvalue weighted by atomic mass is 16.5. The first-order valence-electron chi connectivity index (χ1n) is 9.64. The van der Waals surface area contributed by atoms with Crippen molar-refractivity contribution in [2.45, 2.75) is 13.8 Å². The summed E-state index contributed by atoms with van der Waals surface area (Å²) < 4.78 is 16.3. The van der Waals surface area contributed by atoms with Gasteiger partial charge in [-0.1, -0.05) is 30.3 Å². The number of carbonyl (C=O) groups is 3. The fourth-order valence-electron chi connectivity index (χ4n) is 3.94. The van der Waals surface area contributed by atoms with Gasteiger partial charge in [-0.05, 0) is 18.6 Å². The second-order valence-corrected chi connectivity index (χ2v) is 7.18. The Bertz CT molecular complexity index is 1260. The maximum absolute atomic E-state index is 13.5.